The minimum absolute atomic E-state index is 0. The molecule has 1 fully saturated rings. The zero-order chi connectivity index (χ0) is 14.7. The molecule has 130 valence electrons. The molecule has 23 heavy (non-hydrogen) atoms. The van der Waals surface area contributed by atoms with Gasteiger partial charge < -0.3 is 5.32 Å². The molecule has 0 atom stereocenters. The Hall–Kier alpha value is -0.570. The summed E-state index contributed by atoms with van der Waals surface area (Å²) in [6, 6.07) is 9.54. The monoisotopic (exact) mass is 356 g/mol. The van der Waals surface area contributed by atoms with Crippen LogP contribution in [0.2, 0.25) is 0 Å². The molecule has 0 spiro atoms. The third kappa shape index (κ3) is 5.48. The predicted octanol–water partition coefficient (Wildman–Crippen LogP) is 4.97. The number of benzene rings is 1. The Balaban J connectivity index is 0.00000132. The molecule has 1 aliphatic heterocycles. The van der Waals surface area contributed by atoms with Gasteiger partial charge in [-0.05, 0) is 44.2 Å². The molecule has 2 nitrogen and oxygen atoms in total. The molecule has 1 aromatic rings. The van der Waals surface area contributed by atoms with Crippen molar-refractivity contribution in [1.82, 2.24) is 5.32 Å². The highest BCUT2D eigenvalue weighted by atomic mass is 35.5. The lowest BCUT2D eigenvalue weighted by molar-refractivity contribution is 0.377. The maximum atomic E-state index is 5.01. The van der Waals surface area contributed by atoms with Crippen LogP contribution in [0.1, 0.15) is 63.5 Å². The average Bonchev–Trinajstić information content (AvgIpc) is 2.47. The highest BCUT2D eigenvalue weighted by Crippen LogP contribution is 2.27. The quantitative estimate of drug-likeness (QED) is 0.809. The Bertz CT molecular complexity index is 520. The Labute approximate surface area is 153 Å². The minimum atomic E-state index is 0. The highest BCUT2D eigenvalue weighted by molar-refractivity contribution is 6.03. The van der Waals surface area contributed by atoms with Crippen LogP contribution in [0.25, 0.3) is 0 Å². The second-order valence-electron chi connectivity index (χ2n) is 7.24. The molecule has 0 aromatic heterocycles. The van der Waals surface area contributed by atoms with Crippen LogP contribution in [0.5, 0.6) is 0 Å². The summed E-state index contributed by atoms with van der Waals surface area (Å²) in [5, 5.41) is 3.75. The zero-order valence-electron chi connectivity index (χ0n) is 14.3. The van der Waals surface area contributed by atoms with Crippen molar-refractivity contribution in [2.75, 3.05) is 6.54 Å². The molecule has 0 radical (unpaired) electrons. The molecule has 1 aromatic carbocycles. The Morgan fingerprint density at radius 1 is 1.09 bits per heavy atom. The van der Waals surface area contributed by atoms with Crippen molar-refractivity contribution in [1.29, 1.82) is 0 Å². The van der Waals surface area contributed by atoms with Crippen LogP contribution in [0.4, 0.5) is 0 Å². The third-order valence-corrected chi connectivity index (χ3v) is 4.79. The summed E-state index contributed by atoms with van der Waals surface area (Å²) in [6.07, 6.45) is 9.04. The van der Waals surface area contributed by atoms with E-state index in [0.29, 0.717) is 0 Å². The first kappa shape index (κ1) is 20.5. The number of aliphatic imine (C=N–C) groups is 1. The average molecular weight is 357 g/mol. The molecule has 1 aliphatic carbocycles. The van der Waals surface area contributed by atoms with E-state index in [1.807, 2.05) is 0 Å². The third-order valence-electron chi connectivity index (χ3n) is 4.79. The summed E-state index contributed by atoms with van der Waals surface area (Å²) in [5.41, 5.74) is 4.19. The Morgan fingerprint density at radius 2 is 1.78 bits per heavy atom. The molecule has 1 saturated carbocycles. The van der Waals surface area contributed by atoms with Crippen LogP contribution in [0, 0.1) is 0 Å². The lowest BCUT2D eigenvalue weighted by Crippen LogP contribution is -2.34. The SMILES string of the molecule is CC1(C)Cc2ccccc2C(CCNC2CCCCC2)=N1.Cl.Cl. The fourth-order valence-corrected chi connectivity index (χ4v) is 3.78. The number of halogens is 2. The Kier molecular flexibility index (Phi) is 8.06. The smallest absolute Gasteiger partial charge is 0.0596 e. The van der Waals surface area contributed by atoms with Crippen molar-refractivity contribution < 1.29 is 0 Å². The summed E-state index contributed by atoms with van der Waals surface area (Å²) < 4.78 is 0. The maximum Gasteiger partial charge on any atom is 0.0596 e. The molecule has 1 N–H and O–H groups in total. The Morgan fingerprint density at radius 3 is 2.52 bits per heavy atom. The van der Waals surface area contributed by atoms with E-state index in [1.165, 1.54) is 48.9 Å². The van der Waals surface area contributed by atoms with E-state index in [1.54, 1.807) is 0 Å². The van der Waals surface area contributed by atoms with Gasteiger partial charge in [0.2, 0.25) is 0 Å². The predicted molar refractivity (Wildman–Crippen MR) is 105 cm³/mol. The van der Waals surface area contributed by atoms with Crippen molar-refractivity contribution in [3.63, 3.8) is 0 Å². The topological polar surface area (TPSA) is 24.4 Å². The van der Waals surface area contributed by atoms with E-state index >= 15 is 0 Å². The number of hydrogen-bond acceptors (Lipinski definition) is 2. The minimum Gasteiger partial charge on any atom is -0.314 e. The second kappa shape index (κ2) is 9.05. The molecule has 0 amide bonds. The van der Waals surface area contributed by atoms with E-state index < -0.39 is 0 Å². The molecule has 1 heterocycles. The van der Waals surface area contributed by atoms with Crippen LogP contribution in [0.15, 0.2) is 29.3 Å². The van der Waals surface area contributed by atoms with Gasteiger partial charge in [0, 0.05) is 24.7 Å². The van der Waals surface area contributed by atoms with Crippen LogP contribution >= 0.6 is 24.8 Å². The van der Waals surface area contributed by atoms with Crippen molar-refractivity contribution in [3.05, 3.63) is 35.4 Å². The molecule has 0 bridgehead atoms. The number of rotatable bonds is 4. The maximum absolute atomic E-state index is 5.01. The van der Waals surface area contributed by atoms with Gasteiger partial charge in [-0.3, -0.25) is 4.99 Å². The summed E-state index contributed by atoms with van der Waals surface area (Å²) in [5.74, 6) is 0. The van der Waals surface area contributed by atoms with Crippen LogP contribution in [-0.2, 0) is 6.42 Å². The normalized spacial score (nSPS) is 19.8. The van der Waals surface area contributed by atoms with Crippen molar-refractivity contribution in [2.24, 2.45) is 4.99 Å². The van der Waals surface area contributed by atoms with Crippen LogP contribution < -0.4 is 5.32 Å². The van der Waals surface area contributed by atoms with Gasteiger partial charge in [0.15, 0.2) is 0 Å². The van der Waals surface area contributed by atoms with Gasteiger partial charge in [0.25, 0.3) is 0 Å². The summed E-state index contributed by atoms with van der Waals surface area (Å²) in [6.45, 7) is 5.56. The molecule has 3 rings (SSSR count). The van der Waals surface area contributed by atoms with E-state index in [-0.39, 0.29) is 30.4 Å². The molecular formula is C19H30Cl2N2. The van der Waals surface area contributed by atoms with Crippen LogP contribution in [-0.4, -0.2) is 23.8 Å². The van der Waals surface area contributed by atoms with E-state index in [2.05, 4.69) is 43.4 Å². The summed E-state index contributed by atoms with van der Waals surface area (Å²) >= 11 is 0. The first-order valence-electron chi connectivity index (χ1n) is 8.54. The van der Waals surface area contributed by atoms with Gasteiger partial charge in [-0.25, -0.2) is 0 Å². The first-order valence-corrected chi connectivity index (χ1v) is 8.54. The van der Waals surface area contributed by atoms with Crippen molar-refractivity contribution >= 4 is 30.5 Å². The van der Waals surface area contributed by atoms with Gasteiger partial charge in [-0.2, -0.15) is 0 Å². The van der Waals surface area contributed by atoms with Gasteiger partial charge >= 0.3 is 0 Å². The van der Waals surface area contributed by atoms with Crippen molar-refractivity contribution in [3.8, 4) is 0 Å². The molecule has 0 saturated heterocycles. The zero-order valence-corrected chi connectivity index (χ0v) is 15.9. The highest BCUT2D eigenvalue weighted by Gasteiger charge is 2.26. The van der Waals surface area contributed by atoms with Gasteiger partial charge in [0.1, 0.15) is 0 Å². The van der Waals surface area contributed by atoms with Crippen LogP contribution in [0.3, 0.4) is 0 Å². The number of fused-ring (bicyclic) bond motifs is 1. The molecule has 0 unspecified atom stereocenters. The van der Waals surface area contributed by atoms with Gasteiger partial charge in [-0.15, -0.1) is 24.8 Å². The number of nitrogens with zero attached hydrogens (tertiary/aromatic N) is 1. The fraction of sp³-hybridized carbons (Fsp3) is 0.632. The molecule has 4 heteroatoms. The van der Waals surface area contributed by atoms with E-state index in [9.17, 15) is 0 Å². The van der Waals surface area contributed by atoms with Gasteiger partial charge in [-0.1, -0.05) is 43.5 Å². The standard InChI is InChI=1S/C19H28N2.2ClH/c1-19(2)14-15-8-6-7-11-17(15)18(21-19)12-13-20-16-9-4-3-5-10-16;;/h6-8,11,16,20H,3-5,9-10,12-14H2,1-2H3;2*1H. The fourth-order valence-electron chi connectivity index (χ4n) is 3.78. The lowest BCUT2D eigenvalue weighted by atomic mass is 9.86. The first-order chi connectivity index (χ1) is 10.1. The molecule has 2 aliphatic rings. The largest absolute Gasteiger partial charge is 0.314 e. The number of nitrogens with one attached hydrogen (secondary N) is 1. The summed E-state index contributed by atoms with van der Waals surface area (Å²) in [4.78, 5) is 5.01. The molecular weight excluding hydrogens is 327 g/mol. The lowest BCUT2D eigenvalue weighted by Gasteiger charge is -2.29. The van der Waals surface area contributed by atoms with Crippen molar-refractivity contribution in [2.45, 2.75) is 70.4 Å². The van der Waals surface area contributed by atoms with E-state index in [0.717, 1.165) is 25.4 Å². The van der Waals surface area contributed by atoms with E-state index in [4.69, 9.17) is 4.99 Å². The van der Waals surface area contributed by atoms with Gasteiger partial charge in [0.05, 0.1) is 5.54 Å². The number of hydrogen-bond donors (Lipinski definition) is 1. The second-order valence-corrected chi connectivity index (χ2v) is 7.24. The summed E-state index contributed by atoms with van der Waals surface area (Å²) in [7, 11) is 0.